The van der Waals surface area contributed by atoms with Gasteiger partial charge in [-0.1, -0.05) is 0 Å². The highest BCUT2D eigenvalue weighted by molar-refractivity contribution is 5.82. The number of carboxylic acid groups (broad SMARTS) is 2. The Morgan fingerprint density at radius 3 is 2.27 bits per heavy atom. The van der Waals surface area contributed by atoms with Crippen LogP contribution in [0, 0.1) is 0 Å². The van der Waals surface area contributed by atoms with E-state index >= 15 is 0 Å². The molecular weight excluding hydrogens is 356 g/mol. The molecule has 2 atom stereocenters. The van der Waals surface area contributed by atoms with Crippen molar-refractivity contribution in [3.8, 4) is 0 Å². The molecule has 1 aromatic heterocycles. The van der Waals surface area contributed by atoms with Crippen molar-refractivity contribution in [1.82, 2.24) is 20.8 Å². The molecule has 0 fully saturated rings. The first-order valence-electron chi connectivity index (χ1n) is 7.00. The summed E-state index contributed by atoms with van der Waals surface area (Å²) in [5.41, 5.74) is 9.98. The molecule has 1 rings (SSSR count). The number of aliphatic hydroxyl groups excluding tert-OH is 1. The lowest BCUT2D eigenvalue weighted by Crippen LogP contribution is -2.47. The van der Waals surface area contributed by atoms with E-state index in [0.29, 0.717) is 0 Å². The van der Waals surface area contributed by atoms with Gasteiger partial charge in [0.15, 0.2) is 6.04 Å². The summed E-state index contributed by atoms with van der Waals surface area (Å²) in [6.45, 7) is 0.313. The number of nitrogens with zero attached hydrogens (tertiary/aromatic N) is 2. The van der Waals surface area contributed by atoms with Crippen LogP contribution in [-0.2, 0) is 20.9 Å². The summed E-state index contributed by atoms with van der Waals surface area (Å²) in [7, 11) is 0. The number of rotatable bonds is 8. The normalized spacial score (nSPS) is 12.1. The molecule has 0 aliphatic heterocycles. The standard InChI is InChI=1S/C10H15N5O7.C2H5NO/c11-4(1-7(17)18)8-15-14-6(22-8)2-12-10(21)13-5(3-16)9(19)20;1-2(3)4/h4-5,16H,1-3,11H2,(H,17,18)(H,19,20)(H2,12,13,21);1H3,(H2,3,4). The number of carbonyl (C=O) groups excluding carboxylic acids is 2. The number of amides is 3. The third-order valence-corrected chi connectivity index (χ3v) is 2.38. The second-order valence-corrected chi connectivity index (χ2v) is 4.75. The molecule has 26 heavy (non-hydrogen) atoms. The fraction of sp³-hybridized carbons (Fsp3) is 0.500. The van der Waals surface area contributed by atoms with Gasteiger partial charge in [0.2, 0.25) is 17.7 Å². The third kappa shape index (κ3) is 9.78. The molecule has 0 aliphatic carbocycles. The number of primary amides is 1. The highest BCUT2D eigenvalue weighted by Crippen LogP contribution is 2.12. The van der Waals surface area contributed by atoms with Crippen LogP contribution >= 0.6 is 0 Å². The Morgan fingerprint density at radius 1 is 1.23 bits per heavy atom. The van der Waals surface area contributed by atoms with E-state index in [1.807, 2.05) is 5.32 Å². The SMILES string of the molecule is CC(N)=O.NC(CC(=O)O)c1nnc(CNC(=O)NC(CO)C(=O)O)o1. The lowest BCUT2D eigenvalue weighted by atomic mass is 10.2. The van der Waals surface area contributed by atoms with Crippen LogP contribution in [0.2, 0.25) is 0 Å². The van der Waals surface area contributed by atoms with Gasteiger partial charge in [0.1, 0.15) is 0 Å². The number of aromatic nitrogens is 2. The topological polar surface area (TPSA) is 244 Å². The summed E-state index contributed by atoms with van der Waals surface area (Å²) >= 11 is 0. The van der Waals surface area contributed by atoms with Crippen LogP contribution in [0.15, 0.2) is 4.42 Å². The number of aliphatic carboxylic acids is 2. The average molecular weight is 376 g/mol. The molecule has 0 radical (unpaired) electrons. The van der Waals surface area contributed by atoms with Crippen LogP contribution < -0.4 is 22.1 Å². The summed E-state index contributed by atoms with van der Waals surface area (Å²) in [6.07, 6.45) is -0.396. The highest BCUT2D eigenvalue weighted by atomic mass is 16.4. The second kappa shape index (κ2) is 11.3. The van der Waals surface area contributed by atoms with Crippen LogP contribution in [0.5, 0.6) is 0 Å². The highest BCUT2D eigenvalue weighted by Gasteiger charge is 2.20. The van der Waals surface area contributed by atoms with E-state index < -0.39 is 43.1 Å². The van der Waals surface area contributed by atoms with E-state index in [0.717, 1.165) is 0 Å². The van der Waals surface area contributed by atoms with E-state index in [4.69, 9.17) is 25.5 Å². The van der Waals surface area contributed by atoms with Crippen molar-refractivity contribution in [1.29, 1.82) is 0 Å². The number of nitrogens with one attached hydrogen (secondary N) is 2. The van der Waals surface area contributed by atoms with Crippen molar-refractivity contribution in [3.05, 3.63) is 11.8 Å². The predicted molar refractivity (Wildman–Crippen MR) is 82.2 cm³/mol. The van der Waals surface area contributed by atoms with Gasteiger partial charge < -0.3 is 41.8 Å². The van der Waals surface area contributed by atoms with Crippen LogP contribution in [0.3, 0.4) is 0 Å². The molecule has 14 heteroatoms. The molecule has 0 spiro atoms. The quantitative estimate of drug-likeness (QED) is 0.245. The molecule has 1 heterocycles. The van der Waals surface area contributed by atoms with E-state index in [9.17, 15) is 19.2 Å². The van der Waals surface area contributed by atoms with Gasteiger partial charge in [-0.05, 0) is 0 Å². The summed E-state index contributed by atoms with van der Waals surface area (Å²) in [5.74, 6) is -2.99. The third-order valence-electron chi connectivity index (χ3n) is 2.38. The molecular formula is C12H20N6O8. The zero-order valence-electron chi connectivity index (χ0n) is 13.7. The zero-order chi connectivity index (χ0) is 20.3. The number of aliphatic hydroxyl groups is 1. The summed E-state index contributed by atoms with van der Waals surface area (Å²) in [6, 6.07) is -3.28. The molecule has 0 saturated carbocycles. The fourth-order valence-corrected chi connectivity index (χ4v) is 1.31. The van der Waals surface area contributed by atoms with Crippen LogP contribution in [0.1, 0.15) is 31.2 Å². The lowest BCUT2D eigenvalue weighted by Gasteiger charge is -2.11. The van der Waals surface area contributed by atoms with Gasteiger partial charge in [0.05, 0.1) is 25.6 Å². The maximum atomic E-state index is 11.4. The van der Waals surface area contributed by atoms with E-state index in [2.05, 4.69) is 21.2 Å². The minimum atomic E-state index is -1.44. The van der Waals surface area contributed by atoms with Crippen molar-refractivity contribution < 1.29 is 38.9 Å². The van der Waals surface area contributed by atoms with E-state index in [-0.39, 0.29) is 24.2 Å². The Kier molecular flexibility index (Phi) is 9.90. The van der Waals surface area contributed by atoms with Crippen LogP contribution in [0.4, 0.5) is 4.79 Å². The molecule has 14 nitrogen and oxygen atoms in total. The van der Waals surface area contributed by atoms with E-state index in [1.165, 1.54) is 6.92 Å². The largest absolute Gasteiger partial charge is 0.481 e. The lowest BCUT2D eigenvalue weighted by molar-refractivity contribution is -0.140. The number of hydrogen-bond acceptors (Lipinski definition) is 9. The second-order valence-electron chi connectivity index (χ2n) is 4.75. The van der Waals surface area contributed by atoms with Crippen molar-refractivity contribution in [2.75, 3.05) is 6.61 Å². The van der Waals surface area contributed by atoms with Gasteiger partial charge in [-0.3, -0.25) is 9.59 Å². The Balaban J connectivity index is 0.00000141. The van der Waals surface area contributed by atoms with Crippen molar-refractivity contribution in [2.45, 2.75) is 32.0 Å². The molecule has 9 N–H and O–H groups in total. The number of carbonyl (C=O) groups is 4. The van der Waals surface area contributed by atoms with Crippen molar-refractivity contribution in [2.24, 2.45) is 11.5 Å². The number of carboxylic acids is 2. The Labute approximate surface area is 146 Å². The summed E-state index contributed by atoms with van der Waals surface area (Å²) < 4.78 is 5.06. The Hall–Kier alpha value is -3.26. The van der Waals surface area contributed by atoms with Gasteiger partial charge in [-0.2, -0.15) is 0 Å². The molecule has 3 amide bonds. The molecule has 146 valence electrons. The summed E-state index contributed by atoms with van der Waals surface area (Å²) in [4.78, 5) is 41.7. The molecule has 2 unspecified atom stereocenters. The number of hydrogen-bond donors (Lipinski definition) is 7. The average Bonchev–Trinajstić information content (AvgIpc) is 2.98. The number of urea groups is 1. The number of nitrogens with two attached hydrogens (primary N) is 2. The monoisotopic (exact) mass is 376 g/mol. The van der Waals surface area contributed by atoms with Gasteiger partial charge in [-0.15, -0.1) is 10.2 Å². The van der Waals surface area contributed by atoms with Gasteiger partial charge >= 0.3 is 18.0 Å². The van der Waals surface area contributed by atoms with Crippen LogP contribution in [0.25, 0.3) is 0 Å². The first-order chi connectivity index (χ1) is 12.1. The first-order valence-corrected chi connectivity index (χ1v) is 7.00. The minimum absolute atomic E-state index is 0.0399. The van der Waals surface area contributed by atoms with Gasteiger partial charge in [-0.25, -0.2) is 9.59 Å². The van der Waals surface area contributed by atoms with Gasteiger partial charge in [0, 0.05) is 6.92 Å². The zero-order valence-corrected chi connectivity index (χ0v) is 13.7. The van der Waals surface area contributed by atoms with Crippen molar-refractivity contribution >= 4 is 23.9 Å². The predicted octanol–water partition coefficient (Wildman–Crippen LogP) is -2.72. The molecule has 1 aromatic rings. The van der Waals surface area contributed by atoms with Gasteiger partial charge in [0.25, 0.3) is 0 Å². The molecule has 0 saturated heterocycles. The Bertz CT molecular complexity index is 629. The smallest absolute Gasteiger partial charge is 0.328 e. The Morgan fingerprint density at radius 2 is 1.81 bits per heavy atom. The maximum Gasteiger partial charge on any atom is 0.328 e. The first kappa shape index (κ1) is 22.7. The molecule has 0 aromatic carbocycles. The molecule has 0 bridgehead atoms. The van der Waals surface area contributed by atoms with E-state index in [1.54, 1.807) is 0 Å². The fourth-order valence-electron chi connectivity index (χ4n) is 1.31. The van der Waals surface area contributed by atoms with Crippen LogP contribution in [-0.4, -0.2) is 62.0 Å². The maximum absolute atomic E-state index is 11.4. The minimum Gasteiger partial charge on any atom is -0.481 e. The van der Waals surface area contributed by atoms with Crippen molar-refractivity contribution in [3.63, 3.8) is 0 Å². The molecule has 0 aliphatic rings. The summed E-state index contributed by atoms with van der Waals surface area (Å²) in [5, 5.41) is 37.3.